The number of fused-ring (bicyclic) bond motifs is 4. The van der Waals surface area contributed by atoms with Crippen LogP contribution in [0.25, 0.3) is 0 Å². The zero-order valence-corrected chi connectivity index (χ0v) is 45.4. The highest BCUT2D eigenvalue weighted by Crippen LogP contribution is 2.59. The largest absolute Gasteiger partial charge is 0.314 e. The second-order valence-electron chi connectivity index (χ2n) is 26.6. The van der Waals surface area contributed by atoms with Gasteiger partial charge in [0.2, 0.25) is 0 Å². The Morgan fingerprint density at radius 2 is 1.15 bits per heavy atom. The number of anilines is 4. The first-order valence-corrected chi connectivity index (χ1v) is 26.7. The van der Waals surface area contributed by atoms with Gasteiger partial charge in [0.15, 0.2) is 0 Å². The van der Waals surface area contributed by atoms with Gasteiger partial charge in [-0.1, -0.05) is 152 Å². The molecule has 360 valence electrons. The average Bonchev–Trinajstić information content (AvgIpc) is 3.39. The van der Waals surface area contributed by atoms with Gasteiger partial charge in [0.25, 0.3) is 0 Å². The molecule has 0 N–H and O–H groups in total. The molecule has 0 heterocycles. The topological polar surface area (TPSA) is 6.48 Å². The molecule has 0 aliphatic heterocycles. The number of aryl methyl sites for hydroxylation is 1. The minimum atomic E-state index is 0.0586. The molecule has 0 saturated carbocycles. The molecule has 0 radical (unpaired) electrons. The van der Waals surface area contributed by atoms with E-state index in [9.17, 15) is 0 Å². The average molecular weight is 907 g/mol. The molecule has 3 aromatic rings. The minimum absolute atomic E-state index is 0.0586. The van der Waals surface area contributed by atoms with E-state index in [4.69, 9.17) is 0 Å². The fourth-order valence-corrected chi connectivity index (χ4v) is 13.4. The molecule has 1 unspecified atom stereocenters. The number of hydrogen-bond donors (Lipinski definition) is 0. The van der Waals surface area contributed by atoms with Crippen LogP contribution in [0.2, 0.25) is 0 Å². The van der Waals surface area contributed by atoms with Crippen molar-refractivity contribution in [3.8, 4) is 0 Å². The second-order valence-corrected chi connectivity index (χ2v) is 26.6. The summed E-state index contributed by atoms with van der Waals surface area (Å²) < 4.78 is 0. The molecular formula is C66H86N2. The molecule has 6 aliphatic rings. The van der Waals surface area contributed by atoms with E-state index in [2.05, 4.69) is 224 Å². The van der Waals surface area contributed by atoms with Crippen LogP contribution in [0, 0.1) is 29.1 Å². The van der Waals surface area contributed by atoms with Gasteiger partial charge < -0.3 is 9.80 Å². The van der Waals surface area contributed by atoms with E-state index >= 15 is 0 Å². The molecule has 0 aromatic heterocycles. The van der Waals surface area contributed by atoms with Crippen molar-refractivity contribution in [2.24, 2.45) is 22.2 Å². The maximum Gasteiger partial charge on any atom is 0.0485 e. The lowest BCUT2D eigenvalue weighted by molar-refractivity contribution is 0.286. The molecule has 0 fully saturated rings. The van der Waals surface area contributed by atoms with Crippen LogP contribution in [0.1, 0.15) is 196 Å². The summed E-state index contributed by atoms with van der Waals surface area (Å²) in [5, 5.41) is 0. The van der Waals surface area contributed by atoms with Crippen LogP contribution in [0.3, 0.4) is 0 Å². The van der Waals surface area contributed by atoms with Gasteiger partial charge >= 0.3 is 0 Å². The number of benzene rings is 3. The highest BCUT2D eigenvalue weighted by atomic mass is 15.2. The van der Waals surface area contributed by atoms with Crippen LogP contribution in [-0.4, -0.2) is 0 Å². The van der Waals surface area contributed by atoms with E-state index < -0.39 is 0 Å². The number of rotatable bonds is 8. The molecule has 3 aromatic carbocycles. The van der Waals surface area contributed by atoms with E-state index in [1.807, 2.05) is 0 Å². The van der Waals surface area contributed by atoms with Gasteiger partial charge in [0.05, 0.1) is 0 Å². The van der Waals surface area contributed by atoms with E-state index in [1.54, 1.807) is 5.57 Å². The van der Waals surface area contributed by atoms with Crippen molar-refractivity contribution in [3.63, 3.8) is 0 Å². The summed E-state index contributed by atoms with van der Waals surface area (Å²) in [6.45, 7) is 38.9. The molecule has 9 rings (SSSR count). The van der Waals surface area contributed by atoms with Gasteiger partial charge in [-0.05, 0) is 221 Å². The van der Waals surface area contributed by atoms with Crippen molar-refractivity contribution in [1.29, 1.82) is 0 Å². The van der Waals surface area contributed by atoms with Crippen molar-refractivity contribution in [2.45, 2.75) is 197 Å². The van der Waals surface area contributed by atoms with Gasteiger partial charge in [0, 0.05) is 34.1 Å². The van der Waals surface area contributed by atoms with Crippen LogP contribution in [0.5, 0.6) is 0 Å². The van der Waals surface area contributed by atoms with Crippen molar-refractivity contribution in [2.75, 3.05) is 9.80 Å². The van der Waals surface area contributed by atoms with Crippen LogP contribution < -0.4 is 9.80 Å². The Morgan fingerprint density at radius 3 is 1.78 bits per heavy atom. The predicted octanol–water partition coefficient (Wildman–Crippen LogP) is 19.1. The first kappa shape index (κ1) is 48.5. The number of hydrogen-bond acceptors (Lipinski definition) is 2. The van der Waals surface area contributed by atoms with Crippen molar-refractivity contribution in [3.05, 3.63) is 165 Å². The Morgan fingerprint density at radius 1 is 0.588 bits per heavy atom. The molecule has 1 atom stereocenters. The summed E-state index contributed by atoms with van der Waals surface area (Å²) in [5.74, 6) is 0.464. The zero-order valence-electron chi connectivity index (χ0n) is 45.4. The lowest BCUT2D eigenvalue weighted by Crippen LogP contribution is -2.34. The summed E-state index contributed by atoms with van der Waals surface area (Å²) in [7, 11) is 0. The van der Waals surface area contributed by atoms with Crippen LogP contribution in [0.4, 0.5) is 22.7 Å². The lowest BCUT2D eigenvalue weighted by Gasteiger charge is -2.43. The molecule has 2 heteroatoms. The molecule has 2 nitrogen and oxygen atoms in total. The van der Waals surface area contributed by atoms with Crippen molar-refractivity contribution in [1.82, 2.24) is 0 Å². The molecule has 0 amide bonds. The fourth-order valence-electron chi connectivity index (χ4n) is 13.4. The van der Waals surface area contributed by atoms with Gasteiger partial charge in [0.1, 0.15) is 0 Å². The Kier molecular flexibility index (Phi) is 12.0. The smallest absolute Gasteiger partial charge is 0.0485 e. The Labute approximate surface area is 414 Å². The predicted molar refractivity (Wildman–Crippen MR) is 295 cm³/mol. The van der Waals surface area contributed by atoms with E-state index in [0.29, 0.717) is 5.92 Å². The van der Waals surface area contributed by atoms with Gasteiger partial charge in [-0.25, -0.2) is 0 Å². The first-order chi connectivity index (χ1) is 31.8. The standard InChI is InChI=1S/C66H86N2/c1-17-46(27-26-45-43-60(3,4)32-33-61(45,5)6)67(47-28-30-53-56(41-47)64(11,12)36-34-62(53,7)8)49-38-44(2)39-50(40-49)68(48-29-31-54-57(42-48)65(13,14)37-35-63(54,9)10)58-25-21-24-55-59(58)51-22-19-18-20-23-52(51)66(55,15)16/h17,19-20,22-23,26-31,38-43,55H,18,21,24-25,32-37H2,1-16H3/b27-26-,46-17+. The molecule has 0 bridgehead atoms. The van der Waals surface area contributed by atoms with Crippen LogP contribution >= 0.6 is 0 Å². The van der Waals surface area contributed by atoms with Gasteiger partial charge in [-0.3, -0.25) is 0 Å². The third kappa shape index (κ3) is 8.51. The molecule has 6 aliphatic carbocycles. The second kappa shape index (κ2) is 16.8. The first-order valence-electron chi connectivity index (χ1n) is 26.7. The summed E-state index contributed by atoms with van der Waals surface area (Å²) >= 11 is 0. The highest BCUT2D eigenvalue weighted by Gasteiger charge is 2.47. The minimum Gasteiger partial charge on any atom is -0.314 e. The van der Waals surface area contributed by atoms with E-state index in [1.165, 1.54) is 130 Å². The normalized spacial score (nSPS) is 24.7. The number of allylic oxidation sites excluding steroid dienone is 13. The molecule has 68 heavy (non-hydrogen) atoms. The Balaban J connectivity index is 1.30. The van der Waals surface area contributed by atoms with Crippen LogP contribution in [0.15, 0.2) is 137 Å². The van der Waals surface area contributed by atoms with Gasteiger partial charge in [-0.2, -0.15) is 0 Å². The molecule has 0 spiro atoms. The molecule has 0 saturated heterocycles. The third-order valence-electron chi connectivity index (χ3n) is 18.3. The van der Waals surface area contributed by atoms with Crippen LogP contribution in [-0.2, 0) is 21.7 Å². The maximum absolute atomic E-state index is 2.74. The van der Waals surface area contributed by atoms with E-state index in [-0.39, 0.29) is 37.9 Å². The van der Waals surface area contributed by atoms with Crippen molar-refractivity contribution >= 4 is 22.7 Å². The van der Waals surface area contributed by atoms with E-state index in [0.717, 1.165) is 12.8 Å². The fraction of sp³-hybridized carbons (Fsp3) is 0.515. The lowest BCUT2D eigenvalue weighted by atomic mass is 9.63. The number of nitrogens with zero attached hydrogens (tertiary/aromatic N) is 2. The highest BCUT2D eigenvalue weighted by molar-refractivity contribution is 5.80. The SMILES string of the molecule is C/C=C(\C=C/C1=CC(C)(C)CCC1(C)C)N(c1cc(C)cc(N(C2=C3C4=C(C=CCC=C4)C(C)(C)C3CCC2)c2ccc3c(c2)C(C)(C)CCC3(C)C)c1)c1ccc2c(c1)C(C)(C)CCC2(C)C. The summed E-state index contributed by atoms with van der Waals surface area (Å²) in [5.41, 5.74) is 21.7. The summed E-state index contributed by atoms with van der Waals surface area (Å²) in [6.07, 6.45) is 31.1. The summed E-state index contributed by atoms with van der Waals surface area (Å²) in [4.78, 5) is 5.33. The quantitative estimate of drug-likeness (QED) is 0.208. The zero-order chi connectivity index (χ0) is 49.0. The molecular weight excluding hydrogens is 821 g/mol. The third-order valence-corrected chi connectivity index (χ3v) is 18.3. The monoisotopic (exact) mass is 907 g/mol. The van der Waals surface area contributed by atoms with Crippen molar-refractivity contribution < 1.29 is 0 Å². The summed E-state index contributed by atoms with van der Waals surface area (Å²) in [6, 6.07) is 22.5. The Hall–Kier alpha value is -4.56. The maximum atomic E-state index is 2.74. The Bertz CT molecular complexity index is 2740. The van der Waals surface area contributed by atoms with Gasteiger partial charge in [-0.15, -0.1) is 0 Å².